The van der Waals surface area contributed by atoms with Gasteiger partial charge in [-0.25, -0.2) is 4.79 Å². The maximum Gasteiger partial charge on any atom is 0.323 e. The van der Waals surface area contributed by atoms with Crippen LogP contribution in [0.4, 0.5) is 4.79 Å². The Morgan fingerprint density at radius 1 is 1.24 bits per heavy atom. The van der Waals surface area contributed by atoms with Crippen LogP contribution in [0.15, 0.2) is 24.3 Å². The number of hydrogen-bond donors (Lipinski definition) is 2. The molecule has 1 aliphatic rings. The predicted molar refractivity (Wildman–Crippen MR) is 92.8 cm³/mol. The highest BCUT2D eigenvalue weighted by molar-refractivity contribution is 5.95. The van der Waals surface area contributed by atoms with Crippen molar-refractivity contribution >= 4 is 17.9 Å². The van der Waals surface area contributed by atoms with Gasteiger partial charge in [0.05, 0.1) is 0 Å². The lowest BCUT2D eigenvalue weighted by Gasteiger charge is -2.32. The van der Waals surface area contributed by atoms with E-state index in [4.69, 9.17) is 4.74 Å². The largest absolute Gasteiger partial charge is 0.454 e. The fraction of sp³-hybridized carbons (Fsp3) is 0.500. The molecule has 0 saturated carbocycles. The number of esters is 1. The van der Waals surface area contributed by atoms with Gasteiger partial charge in [-0.1, -0.05) is 31.2 Å². The number of nitrogens with zero attached hydrogens (tertiary/aromatic N) is 1. The average molecular weight is 347 g/mol. The van der Waals surface area contributed by atoms with E-state index in [1.54, 1.807) is 6.92 Å². The van der Waals surface area contributed by atoms with Gasteiger partial charge in [-0.05, 0) is 30.9 Å². The molecular weight excluding hydrogens is 322 g/mol. The molecule has 1 atom stereocenters. The maximum absolute atomic E-state index is 12.2. The number of amides is 3. The van der Waals surface area contributed by atoms with Gasteiger partial charge in [0.15, 0.2) is 6.61 Å². The van der Waals surface area contributed by atoms with Gasteiger partial charge in [0.1, 0.15) is 6.04 Å². The van der Waals surface area contributed by atoms with Crippen LogP contribution in [0.1, 0.15) is 31.4 Å². The normalized spacial score (nSPS) is 15.0. The zero-order valence-electron chi connectivity index (χ0n) is 14.7. The van der Waals surface area contributed by atoms with Crippen molar-refractivity contribution in [2.24, 2.45) is 0 Å². The van der Waals surface area contributed by atoms with E-state index in [2.05, 4.69) is 22.8 Å². The van der Waals surface area contributed by atoms with Gasteiger partial charge < -0.3 is 10.1 Å². The molecule has 0 fully saturated rings. The maximum atomic E-state index is 12.2. The highest BCUT2D eigenvalue weighted by Gasteiger charge is 2.26. The van der Waals surface area contributed by atoms with Crippen molar-refractivity contribution in [3.8, 4) is 0 Å². The molecular formula is C18H25N3O4. The summed E-state index contributed by atoms with van der Waals surface area (Å²) in [5.41, 5.74) is 2.51. The van der Waals surface area contributed by atoms with Gasteiger partial charge in [0, 0.05) is 19.6 Å². The van der Waals surface area contributed by atoms with E-state index in [1.165, 1.54) is 11.1 Å². The van der Waals surface area contributed by atoms with E-state index in [1.807, 2.05) is 24.0 Å². The van der Waals surface area contributed by atoms with Crippen molar-refractivity contribution in [3.05, 3.63) is 35.4 Å². The number of rotatable bonds is 6. The van der Waals surface area contributed by atoms with Gasteiger partial charge in [-0.15, -0.1) is 0 Å². The lowest BCUT2D eigenvalue weighted by molar-refractivity contribution is -0.153. The Morgan fingerprint density at radius 2 is 1.96 bits per heavy atom. The molecule has 2 rings (SSSR count). The molecule has 0 spiro atoms. The Bertz CT molecular complexity index is 633. The van der Waals surface area contributed by atoms with Crippen LogP contribution in [-0.4, -0.2) is 48.5 Å². The van der Waals surface area contributed by atoms with E-state index in [0.717, 1.165) is 19.4 Å². The molecule has 7 nitrogen and oxygen atoms in total. The third-order valence-corrected chi connectivity index (χ3v) is 4.18. The number of hydrogen-bond acceptors (Lipinski definition) is 5. The van der Waals surface area contributed by atoms with Crippen LogP contribution in [-0.2, 0) is 27.3 Å². The number of benzene rings is 1. The second kappa shape index (κ2) is 9.17. The first-order chi connectivity index (χ1) is 12.0. The molecule has 0 radical (unpaired) electrons. The summed E-state index contributed by atoms with van der Waals surface area (Å²) in [6, 6.07) is 7.13. The summed E-state index contributed by atoms with van der Waals surface area (Å²) in [6.45, 7) is 5.13. The van der Waals surface area contributed by atoms with E-state index in [0.29, 0.717) is 13.1 Å². The zero-order valence-corrected chi connectivity index (χ0v) is 14.7. The first-order valence-electron chi connectivity index (χ1n) is 8.56. The molecule has 136 valence electrons. The molecule has 25 heavy (non-hydrogen) atoms. The molecule has 1 aromatic carbocycles. The van der Waals surface area contributed by atoms with Crippen molar-refractivity contribution in [1.82, 2.24) is 15.5 Å². The van der Waals surface area contributed by atoms with Gasteiger partial charge in [-0.2, -0.15) is 0 Å². The van der Waals surface area contributed by atoms with Gasteiger partial charge in [0.2, 0.25) is 0 Å². The van der Waals surface area contributed by atoms with E-state index < -0.39 is 30.6 Å². The van der Waals surface area contributed by atoms with Crippen LogP contribution in [0.25, 0.3) is 0 Å². The summed E-state index contributed by atoms with van der Waals surface area (Å²) in [5.74, 6) is -1.11. The number of ether oxygens (including phenoxy) is 1. The van der Waals surface area contributed by atoms with Crippen LogP contribution in [0.5, 0.6) is 0 Å². The Morgan fingerprint density at radius 3 is 2.68 bits per heavy atom. The Kier molecular flexibility index (Phi) is 6.94. The fourth-order valence-corrected chi connectivity index (χ4v) is 2.70. The average Bonchev–Trinajstić information content (AvgIpc) is 2.63. The third-order valence-electron chi connectivity index (χ3n) is 4.18. The molecule has 2 N–H and O–H groups in total. The van der Waals surface area contributed by atoms with Crippen molar-refractivity contribution < 1.29 is 19.1 Å². The number of fused-ring (bicyclic) bond motifs is 1. The standard InChI is InChI=1S/C18H25N3O4/c1-3-9-19-18(24)20-16(22)12-25-17(23)13(2)21-10-8-14-6-4-5-7-15(14)11-21/h4-7,13H,3,8-12H2,1-2H3,(H2,19,20,22,24). The van der Waals surface area contributed by atoms with Crippen LogP contribution >= 0.6 is 0 Å². The van der Waals surface area contributed by atoms with Crippen molar-refractivity contribution in [2.75, 3.05) is 19.7 Å². The van der Waals surface area contributed by atoms with Crippen LogP contribution in [0, 0.1) is 0 Å². The smallest absolute Gasteiger partial charge is 0.323 e. The number of imide groups is 1. The zero-order chi connectivity index (χ0) is 18.2. The molecule has 0 aliphatic carbocycles. The molecule has 7 heteroatoms. The quantitative estimate of drug-likeness (QED) is 0.756. The van der Waals surface area contributed by atoms with Crippen molar-refractivity contribution in [2.45, 2.75) is 39.3 Å². The Labute approximate surface area is 147 Å². The minimum atomic E-state index is -0.641. The second-order valence-electron chi connectivity index (χ2n) is 6.08. The summed E-state index contributed by atoms with van der Waals surface area (Å²) in [4.78, 5) is 37.2. The summed E-state index contributed by atoms with van der Waals surface area (Å²) in [6.07, 6.45) is 1.65. The highest BCUT2D eigenvalue weighted by atomic mass is 16.5. The molecule has 1 unspecified atom stereocenters. The van der Waals surface area contributed by atoms with E-state index >= 15 is 0 Å². The molecule has 1 aromatic rings. The lowest BCUT2D eigenvalue weighted by atomic mass is 9.99. The second-order valence-corrected chi connectivity index (χ2v) is 6.08. The minimum absolute atomic E-state index is 0.449. The van der Waals surface area contributed by atoms with Crippen LogP contribution < -0.4 is 10.6 Å². The summed E-state index contributed by atoms with van der Waals surface area (Å²) in [5, 5.41) is 4.64. The first-order valence-corrected chi connectivity index (χ1v) is 8.56. The molecule has 0 saturated heterocycles. The van der Waals surface area contributed by atoms with E-state index in [-0.39, 0.29) is 0 Å². The number of nitrogens with one attached hydrogen (secondary N) is 2. The summed E-state index contributed by atoms with van der Waals surface area (Å²) in [7, 11) is 0. The van der Waals surface area contributed by atoms with Gasteiger partial charge >= 0.3 is 12.0 Å². The SMILES string of the molecule is CCCNC(=O)NC(=O)COC(=O)C(C)N1CCc2ccccc2C1. The van der Waals surface area contributed by atoms with Gasteiger partial charge in [0.25, 0.3) is 5.91 Å². The monoisotopic (exact) mass is 347 g/mol. The third kappa shape index (κ3) is 5.56. The molecule has 1 heterocycles. The molecule has 3 amide bonds. The Hall–Kier alpha value is -2.41. The topological polar surface area (TPSA) is 87.7 Å². The highest BCUT2D eigenvalue weighted by Crippen LogP contribution is 2.20. The number of carbonyl (C=O) groups excluding carboxylic acids is 3. The van der Waals surface area contributed by atoms with Crippen molar-refractivity contribution in [3.63, 3.8) is 0 Å². The predicted octanol–water partition coefficient (Wildman–Crippen LogP) is 1.21. The fourth-order valence-electron chi connectivity index (χ4n) is 2.70. The lowest BCUT2D eigenvalue weighted by Crippen LogP contribution is -2.45. The summed E-state index contributed by atoms with van der Waals surface area (Å²) < 4.78 is 5.04. The minimum Gasteiger partial charge on any atom is -0.454 e. The molecule has 1 aliphatic heterocycles. The van der Waals surface area contributed by atoms with E-state index in [9.17, 15) is 14.4 Å². The van der Waals surface area contributed by atoms with Crippen molar-refractivity contribution in [1.29, 1.82) is 0 Å². The number of carbonyl (C=O) groups is 3. The number of urea groups is 1. The van der Waals surface area contributed by atoms with Crippen LogP contribution in [0.2, 0.25) is 0 Å². The van der Waals surface area contributed by atoms with Gasteiger partial charge in [-0.3, -0.25) is 19.8 Å². The Balaban J connectivity index is 1.77. The molecule has 0 bridgehead atoms. The first kappa shape index (κ1) is 18.9. The molecule has 0 aromatic heterocycles. The van der Waals surface area contributed by atoms with Crippen LogP contribution in [0.3, 0.4) is 0 Å². The summed E-state index contributed by atoms with van der Waals surface area (Å²) >= 11 is 0.